The Bertz CT molecular complexity index is 356. The maximum absolute atomic E-state index is 10.0. The average Bonchev–Trinajstić information content (AvgIpc) is 2.16. The SMILES string of the molecule is CCCC(C)(O)CNc1ncc(Br)cc1Br. The van der Waals surface area contributed by atoms with E-state index in [2.05, 4.69) is 49.1 Å². The van der Waals surface area contributed by atoms with E-state index in [0.29, 0.717) is 6.54 Å². The maximum Gasteiger partial charge on any atom is 0.140 e. The lowest BCUT2D eigenvalue weighted by atomic mass is 10.0. The average molecular weight is 352 g/mol. The summed E-state index contributed by atoms with van der Waals surface area (Å²) in [6.07, 6.45) is 3.46. The summed E-state index contributed by atoms with van der Waals surface area (Å²) in [6, 6.07) is 1.92. The van der Waals surface area contributed by atoms with E-state index in [1.54, 1.807) is 6.20 Å². The zero-order chi connectivity index (χ0) is 12.2. The van der Waals surface area contributed by atoms with Crippen molar-refractivity contribution in [3.63, 3.8) is 0 Å². The highest BCUT2D eigenvalue weighted by Gasteiger charge is 2.19. The van der Waals surface area contributed by atoms with Crippen LogP contribution >= 0.6 is 31.9 Å². The molecule has 0 fully saturated rings. The second kappa shape index (κ2) is 5.98. The molecular formula is C11H16Br2N2O. The van der Waals surface area contributed by atoms with Gasteiger partial charge < -0.3 is 10.4 Å². The first kappa shape index (κ1) is 13.9. The van der Waals surface area contributed by atoms with E-state index in [-0.39, 0.29) is 0 Å². The van der Waals surface area contributed by atoms with Crippen LogP contribution in [-0.2, 0) is 0 Å². The molecule has 1 rings (SSSR count). The van der Waals surface area contributed by atoms with Crippen LogP contribution in [0.3, 0.4) is 0 Å². The van der Waals surface area contributed by atoms with Gasteiger partial charge in [0.2, 0.25) is 0 Å². The van der Waals surface area contributed by atoms with E-state index in [1.165, 1.54) is 0 Å². The highest BCUT2D eigenvalue weighted by Crippen LogP contribution is 2.24. The zero-order valence-corrected chi connectivity index (χ0v) is 12.6. The van der Waals surface area contributed by atoms with Gasteiger partial charge in [0.1, 0.15) is 5.82 Å². The minimum atomic E-state index is -0.692. The van der Waals surface area contributed by atoms with Crippen LogP contribution in [-0.4, -0.2) is 22.2 Å². The van der Waals surface area contributed by atoms with Crippen molar-refractivity contribution in [2.75, 3.05) is 11.9 Å². The van der Waals surface area contributed by atoms with Crippen molar-refractivity contribution in [2.45, 2.75) is 32.3 Å². The molecule has 0 aliphatic heterocycles. The van der Waals surface area contributed by atoms with Crippen molar-refractivity contribution >= 4 is 37.7 Å². The number of nitrogens with one attached hydrogen (secondary N) is 1. The number of anilines is 1. The highest BCUT2D eigenvalue weighted by atomic mass is 79.9. The summed E-state index contributed by atoms with van der Waals surface area (Å²) < 4.78 is 1.81. The molecule has 0 aliphatic rings. The Labute approximate surface area is 113 Å². The summed E-state index contributed by atoms with van der Waals surface area (Å²) in [5, 5.41) is 13.1. The van der Waals surface area contributed by atoms with Crippen LogP contribution in [0.25, 0.3) is 0 Å². The van der Waals surface area contributed by atoms with Crippen molar-refractivity contribution in [3.05, 3.63) is 21.2 Å². The van der Waals surface area contributed by atoms with Gasteiger partial charge in [0.25, 0.3) is 0 Å². The summed E-state index contributed by atoms with van der Waals surface area (Å²) in [5.74, 6) is 0.750. The monoisotopic (exact) mass is 350 g/mol. The number of hydrogen-bond donors (Lipinski definition) is 2. The van der Waals surface area contributed by atoms with Gasteiger partial charge in [-0.25, -0.2) is 4.98 Å². The van der Waals surface area contributed by atoms with Crippen molar-refractivity contribution in [2.24, 2.45) is 0 Å². The van der Waals surface area contributed by atoms with Gasteiger partial charge >= 0.3 is 0 Å². The van der Waals surface area contributed by atoms with Crippen LogP contribution < -0.4 is 5.32 Å². The summed E-state index contributed by atoms with van der Waals surface area (Å²) in [7, 11) is 0. The van der Waals surface area contributed by atoms with Crippen molar-refractivity contribution in [1.29, 1.82) is 0 Å². The van der Waals surface area contributed by atoms with Crippen molar-refractivity contribution in [3.8, 4) is 0 Å². The van der Waals surface area contributed by atoms with E-state index < -0.39 is 5.60 Å². The Balaban J connectivity index is 2.61. The fourth-order valence-electron chi connectivity index (χ4n) is 1.45. The predicted molar refractivity (Wildman–Crippen MR) is 73.7 cm³/mol. The molecule has 0 radical (unpaired) electrons. The molecular weight excluding hydrogens is 336 g/mol. The molecule has 0 bridgehead atoms. The fourth-order valence-corrected chi connectivity index (χ4v) is 2.57. The molecule has 0 spiro atoms. The van der Waals surface area contributed by atoms with Crippen LogP contribution in [0.1, 0.15) is 26.7 Å². The van der Waals surface area contributed by atoms with Gasteiger partial charge in [0.15, 0.2) is 0 Å². The van der Waals surface area contributed by atoms with Gasteiger partial charge in [-0.2, -0.15) is 0 Å². The number of halogens is 2. The Hall–Kier alpha value is -0.130. The number of aliphatic hydroxyl groups is 1. The topological polar surface area (TPSA) is 45.1 Å². The Morgan fingerprint density at radius 3 is 2.75 bits per heavy atom. The Morgan fingerprint density at radius 2 is 2.19 bits per heavy atom. The van der Waals surface area contributed by atoms with E-state index in [9.17, 15) is 5.11 Å². The minimum Gasteiger partial charge on any atom is -0.388 e. The van der Waals surface area contributed by atoms with E-state index in [0.717, 1.165) is 27.6 Å². The molecule has 0 amide bonds. The molecule has 2 N–H and O–H groups in total. The molecule has 0 aliphatic carbocycles. The van der Waals surface area contributed by atoms with Crippen LogP contribution in [0.2, 0.25) is 0 Å². The molecule has 0 saturated heterocycles. The third kappa shape index (κ3) is 4.39. The van der Waals surface area contributed by atoms with E-state index in [1.807, 2.05) is 13.0 Å². The zero-order valence-electron chi connectivity index (χ0n) is 9.43. The molecule has 1 aromatic rings. The lowest BCUT2D eigenvalue weighted by Gasteiger charge is -2.23. The molecule has 1 atom stereocenters. The quantitative estimate of drug-likeness (QED) is 0.852. The summed E-state index contributed by atoms with van der Waals surface area (Å²) in [5.41, 5.74) is -0.692. The van der Waals surface area contributed by atoms with Gasteiger partial charge in [-0.05, 0) is 51.3 Å². The lowest BCUT2D eigenvalue weighted by Crippen LogP contribution is -2.33. The Kier molecular flexibility index (Phi) is 5.21. The molecule has 1 heterocycles. The highest BCUT2D eigenvalue weighted by molar-refractivity contribution is 9.11. The van der Waals surface area contributed by atoms with Crippen LogP contribution in [0.4, 0.5) is 5.82 Å². The third-order valence-corrected chi connectivity index (χ3v) is 3.27. The molecule has 16 heavy (non-hydrogen) atoms. The van der Waals surface area contributed by atoms with Gasteiger partial charge in [0.05, 0.1) is 10.1 Å². The van der Waals surface area contributed by atoms with Gasteiger partial charge in [-0.3, -0.25) is 0 Å². The van der Waals surface area contributed by atoms with Crippen molar-refractivity contribution in [1.82, 2.24) is 4.98 Å². The second-order valence-corrected chi connectivity index (χ2v) is 5.85. The van der Waals surface area contributed by atoms with Gasteiger partial charge in [-0.15, -0.1) is 0 Å². The second-order valence-electron chi connectivity index (χ2n) is 4.08. The lowest BCUT2D eigenvalue weighted by molar-refractivity contribution is 0.0636. The number of aromatic nitrogens is 1. The first-order chi connectivity index (χ1) is 7.44. The Morgan fingerprint density at radius 1 is 1.50 bits per heavy atom. The molecule has 1 unspecified atom stereocenters. The van der Waals surface area contributed by atoms with Gasteiger partial charge in [-0.1, -0.05) is 13.3 Å². The maximum atomic E-state index is 10.0. The minimum absolute atomic E-state index is 0.494. The van der Waals surface area contributed by atoms with E-state index >= 15 is 0 Å². The predicted octanol–water partition coefficient (Wildman–Crippen LogP) is 3.57. The smallest absolute Gasteiger partial charge is 0.140 e. The van der Waals surface area contributed by atoms with Crippen LogP contribution in [0, 0.1) is 0 Å². The fraction of sp³-hybridized carbons (Fsp3) is 0.545. The third-order valence-electron chi connectivity index (χ3n) is 2.23. The molecule has 90 valence electrons. The molecule has 0 saturated carbocycles. The molecule has 0 aromatic carbocycles. The van der Waals surface area contributed by atoms with E-state index in [4.69, 9.17) is 0 Å². The number of nitrogens with zero attached hydrogens (tertiary/aromatic N) is 1. The standard InChI is InChI=1S/C11H16Br2N2O/c1-3-4-11(2,16)7-15-10-9(13)5-8(12)6-14-10/h5-6,16H,3-4,7H2,1-2H3,(H,14,15). The normalized spacial score (nSPS) is 14.6. The van der Waals surface area contributed by atoms with Crippen LogP contribution in [0.5, 0.6) is 0 Å². The summed E-state index contributed by atoms with van der Waals surface area (Å²) in [6.45, 7) is 4.38. The summed E-state index contributed by atoms with van der Waals surface area (Å²) >= 11 is 6.76. The molecule has 1 aromatic heterocycles. The first-order valence-corrected chi connectivity index (χ1v) is 6.80. The van der Waals surface area contributed by atoms with Gasteiger partial charge in [0, 0.05) is 17.2 Å². The molecule has 3 nitrogen and oxygen atoms in total. The number of pyridine rings is 1. The first-order valence-electron chi connectivity index (χ1n) is 5.22. The van der Waals surface area contributed by atoms with Crippen LogP contribution in [0.15, 0.2) is 21.2 Å². The molecule has 5 heteroatoms. The van der Waals surface area contributed by atoms with Crippen molar-refractivity contribution < 1.29 is 5.11 Å². The number of hydrogen-bond acceptors (Lipinski definition) is 3. The number of rotatable bonds is 5. The summed E-state index contributed by atoms with van der Waals surface area (Å²) in [4.78, 5) is 4.23. The largest absolute Gasteiger partial charge is 0.388 e.